The van der Waals surface area contributed by atoms with Gasteiger partial charge in [0.2, 0.25) is 0 Å². The van der Waals surface area contributed by atoms with Crippen LogP contribution in [-0.4, -0.2) is 18.0 Å². The molecule has 1 aliphatic rings. The number of nitrogens with zero attached hydrogens (tertiary/aromatic N) is 1. The van der Waals surface area contributed by atoms with E-state index in [1.54, 1.807) is 0 Å². The van der Waals surface area contributed by atoms with Crippen molar-refractivity contribution in [1.82, 2.24) is 4.90 Å². The molecule has 1 aliphatic heterocycles. The monoisotopic (exact) mass is 232 g/mol. The topological polar surface area (TPSA) is 29.3 Å². The van der Waals surface area contributed by atoms with Gasteiger partial charge in [-0.1, -0.05) is 38.1 Å². The SMILES string of the molecule is CC1CCN(Cc2ccccc2CN)CC1C. The summed E-state index contributed by atoms with van der Waals surface area (Å²) in [6.07, 6.45) is 1.33. The first-order chi connectivity index (χ1) is 8.20. The highest BCUT2D eigenvalue weighted by molar-refractivity contribution is 5.26. The van der Waals surface area contributed by atoms with Crippen LogP contribution in [0.5, 0.6) is 0 Å². The van der Waals surface area contributed by atoms with Crippen LogP contribution in [0, 0.1) is 11.8 Å². The molecule has 17 heavy (non-hydrogen) atoms. The Morgan fingerprint density at radius 1 is 1.18 bits per heavy atom. The van der Waals surface area contributed by atoms with Gasteiger partial charge in [0.15, 0.2) is 0 Å². The highest BCUT2D eigenvalue weighted by atomic mass is 15.1. The van der Waals surface area contributed by atoms with Gasteiger partial charge in [-0.05, 0) is 35.9 Å². The fraction of sp³-hybridized carbons (Fsp3) is 0.600. The number of nitrogens with two attached hydrogens (primary N) is 1. The summed E-state index contributed by atoms with van der Waals surface area (Å²) in [6, 6.07) is 8.55. The minimum absolute atomic E-state index is 0.649. The molecule has 0 aliphatic carbocycles. The van der Waals surface area contributed by atoms with Gasteiger partial charge in [-0.2, -0.15) is 0 Å². The second-order valence-electron chi connectivity index (χ2n) is 5.45. The van der Waals surface area contributed by atoms with Crippen molar-refractivity contribution >= 4 is 0 Å². The molecule has 1 saturated heterocycles. The second-order valence-corrected chi connectivity index (χ2v) is 5.45. The Labute approximate surface area is 105 Å². The average molecular weight is 232 g/mol. The van der Waals surface area contributed by atoms with Gasteiger partial charge in [-0.25, -0.2) is 0 Å². The fourth-order valence-electron chi connectivity index (χ4n) is 2.64. The van der Waals surface area contributed by atoms with Gasteiger partial charge < -0.3 is 5.73 Å². The summed E-state index contributed by atoms with van der Waals surface area (Å²) in [5, 5.41) is 0. The Hall–Kier alpha value is -0.860. The minimum atomic E-state index is 0.649. The van der Waals surface area contributed by atoms with Crippen molar-refractivity contribution in [2.75, 3.05) is 13.1 Å². The molecule has 0 bridgehead atoms. The van der Waals surface area contributed by atoms with Crippen molar-refractivity contribution in [3.63, 3.8) is 0 Å². The van der Waals surface area contributed by atoms with Gasteiger partial charge >= 0.3 is 0 Å². The summed E-state index contributed by atoms with van der Waals surface area (Å²) in [4.78, 5) is 2.57. The van der Waals surface area contributed by atoms with Crippen LogP contribution in [0.15, 0.2) is 24.3 Å². The third-order valence-corrected chi connectivity index (χ3v) is 4.15. The fourth-order valence-corrected chi connectivity index (χ4v) is 2.64. The number of piperidine rings is 1. The normalized spacial score (nSPS) is 26.1. The Morgan fingerprint density at radius 2 is 1.88 bits per heavy atom. The Bertz CT molecular complexity index is 362. The van der Waals surface area contributed by atoms with Crippen LogP contribution in [-0.2, 0) is 13.1 Å². The predicted octanol–water partition coefficient (Wildman–Crippen LogP) is 2.62. The second kappa shape index (κ2) is 5.65. The zero-order valence-electron chi connectivity index (χ0n) is 11.0. The van der Waals surface area contributed by atoms with Crippen LogP contribution < -0.4 is 5.73 Å². The smallest absolute Gasteiger partial charge is 0.0237 e. The van der Waals surface area contributed by atoms with Gasteiger partial charge in [-0.15, -0.1) is 0 Å². The van der Waals surface area contributed by atoms with E-state index in [0.29, 0.717) is 6.54 Å². The summed E-state index contributed by atoms with van der Waals surface area (Å²) in [7, 11) is 0. The van der Waals surface area contributed by atoms with Gasteiger partial charge in [0.25, 0.3) is 0 Å². The molecule has 2 N–H and O–H groups in total. The lowest BCUT2D eigenvalue weighted by Gasteiger charge is -2.35. The van der Waals surface area contributed by atoms with E-state index in [4.69, 9.17) is 5.73 Å². The number of hydrogen-bond donors (Lipinski definition) is 1. The van der Waals surface area contributed by atoms with E-state index in [1.807, 2.05) is 0 Å². The van der Waals surface area contributed by atoms with E-state index >= 15 is 0 Å². The van der Waals surface area contributed by atoms with Crippen molar-refractivity contribution < 1.29 is 0 Å². The zero-order chi connectivity index (χ0) is 12.3. The van der Waals surface area contributed by atoms with Crippen molar-refractivity contribution in [1.29, 1.82) is 0 Å². The molecule has 0 aromatic heterocycles. The molecular formula is C15H24N2. The molecule has 2 unspecified atom stereocenters. The standard InChI is InChI=1S/C15H24N2/c1-12-7-8-17(10-13(12)2)11-15-6-4-3-5-14(15)9-16/h3-6,12-13H,7-11,16H2,1-2H3. The van der Waals surface area contributed by atoms with Crippen LogP contribution in [0.25, 0.3) is 0 Å². The highest BCUT2D eigenvalue weighted by Crippen LogP contribution is 2.24. The van der Waals surface area contributed by atoms with Gasteiger partial charge in [-0.3, -0.25) is 4.90 Å². The summed E-state index contributed by atoms with van der Waals surface area (Å²) in [5.41, 5.74) is 8.48. The number of rotatable bonds is 3. The van der Waals surface area contributed by atoms with Crippen molar-refractivity contribution in [3.8, 4) is 0 Å². The Balaban J connectivity index is 2.01. The van der Waals surface area contributed by atoms with Gasteiger partial charge in [0.05, 0.1) is 0 Å². The summed E-state index contributed by atoms with van der Waals surface area (Å²) >= 11 is 0. The first-order valence-corrected chi connectivity index (χ1v) is 6.70. The molecule has 2 nitrogen and oxygen atoms in total. The first-order valence-electron chi connectivity index (χ1n) is 6.70. The van der Waals surface area contributed by atoms with Gasteiger partial charge in [0, 0.05) is 19.6 Å². The first kappa shape index (κ1) is 12.6. The van der Waals surface area contributed by atoms with Crippen LogP contribution in [0.4, 0.5) is 0 Å². The number of benzene rings is 1. The van der Waals surface area contributed by atoms with E-state index in [1.165, 1.54) is 30.6 Å². The van der Waals surface area contributed by atoms with Crippen molar-refractivity contribution in [2.24, 2.45) is 17.6 Å². The molecule has 2 atom stereocenters. The van der Waals surface area contributed by atoms with Gasteiger partial charge in [0.1, 0.15) is 0 Å². The zero-order valence-corrected chi connectivity index (χ0v) is 11.0. The molecule has 2 rings (SSSR count). The van der Waals surface area contributed by atoms with Crippen LogP contribution in [0.2, 0.25) is 0 Å². The molecule has 1 aromatic carbocycles. The van der Waals surface area contributed by atoms with Crippen LogP contribution >= 0.6 is 0 Å². The van der Waals surface area contributed by atoms with E-state index < -0.39 is 0 Å². The average Bonchev–Trinajstić information content (AvgIpc) is 2.34. The minimum Gasteiger partial charge on any atom is -0.326 e. The maximum absolute atomic E-state index is 5.79. The molecule has 0 saturated carbocycles. The van der Waals surface area contributed by atoms with E-state index in [9.17, 15) is 0 Å². The number of likely N-dealkylation sites (tertiary alicyclic amines) is 1. The molecule has 0 amide bonds. The summed E-state index contributed by atoms with van der Waals surface area (Å²) in [6.45, 7) is 8.90. The Kier molecular flexibility index (Phi) is 4.19. The van der Waals surface area contributed by atoms with Crippen molar-refractivity contribution in [3.05, 3.63) is 35.4 Å². The summed E-state index contributed by atoms with van der Waals surface area (Å²) < 4.78 is 0. The predicted molar refractivity (Wildman–Crippen MR) is 72.6 cm³/mol. The largest absolute Gasteiger partial charge is 0.326 e. The molecule has 2 heteroatoms. The molecule has 1 aromatic rings. The maximum atomic E-state index is 5.79. The molecular weight excluding hydrogens is 208 g/mol. The third-order valence-electron chi connectivity index (χ3n) is 4.15. The van der Waals surface area contributed by atoms with Crippen LogP contribution in [0.3, 0.4) is 0 Å². The van der Waals surface area contributed by atoms with Crippen LogP contribution in [0.1, 0.15) is 31.4 Å². The lowest BCUT2D eigenvalue weighted by Crippen LogP contribution is -2.38. The molecule has 0 radical (unpaired) electrons. The Morgan fingerprint density at radius 3 is 2.53 bits per heavy atom. The number of hydrogen-bond acceptors (Lipinski definition) is 2. The van der Waals surface area contributed by atoms with E-state index in [0.717, 1.165) is 18.4 Å². The molecule has 94 valence electrons. The third kappa shape index (κ3) is 3.08. The highest BCUT2D eigenvalue weighted by Gasteiger charge is 2.22. The lowest BCUT2D eigenvalue weighted by molar-refractivity contribution is 0.132. The summed E-state index contributed by atoms with van der Waals surface area (Å²) in [5.74, 6) is 1.68. The van der Waals surface area contributed by atoms with Crippen molar-refractivity contribution in [2.45, 2.75) is 33.4 Å². The molecule has 1 fully saturated rings. The molecule has 0 spiro atoms. The lowest BCUT2D eigenvalue weighted by atomic mass is 9.88. The van der Waals surface area contributed by atoms with E-state index in [-0.39, 0.29) is 0 Å². The van der Waals surface area contributed by atoms with E-state index in [2.05, 4.69) is 43.0 Å². The quantitative estimate of drug-likeness (QED) is 0.868. The molecule has 1 heterocycles. The maximum Gasteiger partial charge on any atom is 0.0237 e.